The summed E-state index contributed by atoms with van der Waals surface area (Å²) in [7, 11) is 0. The van der Waals surface area contributed by atoms with Crippen LogP contribution in [0, 0.1) is 0 Å². The average Bonchev–Trinajstić information content (AvgIpc) is 2.02. The Labute approximate surface area is 85.8 Å². The Morgan fingerprint density at radius 2 is 1.93 bits per heavy atom. The van der Waals surface area contributed by atoms with Crippen LogP contribution in [0.1, 0.15) is 45.6 Å². The molecule has 1 aromatic heterocycles. The number of nitrogen functional groups attached to an aromatic ring is 1. The Morgan fingerprint density at radius 1 is 1.29 bits per heavy atom. The minimum atomic E-state index is 0.0412. The topological polar surface area (TPSA) is 51.8 Å². The molecule has 0 bridgehead atoms. The molecule has 78 valence electrons. The van der Waals surface area contributed by atoms with Gasteiger partial charge in [-0.25, -0.2) is 9.97 Å². The van der Waals surface area contributed by atoms with Crippen LogP contribution in [-0.4, -0.2) is 9.97 Å². The second-order valence-corrected chi connectivity index (χ2v) is 4.59. The van der Waals surface area contributed by atoms with E-state index < -0.39 is 0 Å². The van der Waals surface area contributed by atoms with Crippen molar-refractivity contribution in [2.75, 3.05) is 5.73 Å². The van der Waals surface area contributed by atoms with E-state index in [4.69, 9.17) is 5.73 Å². The maximum atomic E-state index is 5.74. The molecule has 1 rings (SSSR count). The number of nitrogens with two attached hydrogens (primary N) is 1. The summed E-state index contributed by atoms with van der Waals surface area (Å²) in [4.78, 5) is 8.71. The Bertz CT molecular complexity index is 313. The summed E-state index contributed by atoms with van der Waals surface area (Å²) < 4.78 is 0. The number of anilines is 1. The van der Waals surface area contributed by atoms with Crippen LogP contribution in [-0.2, 0) is 11.8 Å². The molecule has 0 radical (unpaired) electrons. The van der Waals surface area contributed by atoms with Gasteiger partial charge in [0, 0.05) is 17.9 Å². The first-order valence-corrected chi connectivity index (χ1v) is 5.07. The van der Waals surface area contributed by atoms with E-state index in [9.17, 15) is 0 Å². The van der Waals surface area contributed by atoms with Crippen molar-refractivity contribution < 1.29 is 0 Å². The number of nitrogens with zero attached hydrogens (tertiary/aromatic N) is 2. The molecule has 0 atom stereocenters. The summed E-state index contributed by atoms with van der Waals surface area (Å²) in [6.07, 6.45) is 1.95. The third kappa shape index (κ3) is 2.69. The van der Waals surface area contributed by atoms with Gasteiger partial charge in [-0.05, 0) is 6.42 Å². The lowest BCUT2D eigenvalue weighted by Gasteiger charge is -2.18. The van der Waals surface area contributed by atoms with E-state index in [2.05, 4.69) is 37.7 Å². The fourth-order valence-corrected chi connectivity index (χ4v) is 1.24. The maximum Gasteiger partial charge on any atom is 0.131 e. The highest BCUT2D eigenvalue weighted by Gasteiger charge is 2.16. The molecule has 1 heterocycles. The second-order valence-electron chi connectivity index (χ2n) is 4.59. The molecule has 0 amide bonds. The monoisotopic (exact) mass is 193 g/mol. The summed E-state index contributed by atoms with van der Waals surface area (Å²) in [6, 6.07) is 1.86. The number of rotatable bonds is 2. The zero-order valence-corrected chi connectivity index (χ0v) is 9.46. The van der Waals surface area contributed by atoms with Crippen LogP contribution in [0.25, 0.3) is 0 Å². The minimum absolute atomic E-state index is 0.0412. The van der Waals surface area contributed by atoms with Gasteiger partial charge in [0.05, 0.1) is 5.69 Å². The average molecular weight is 193 g/mol. The Morgan fingerprint density at radius 3 is 2.43 bits per heavy atom. The molecular weight excluding hydrogens is 174 g/mol. The van der Waals surface area contributed by atoms with Crippen molar-refractivity contribution in [3.63, 3.8) is 0 Å². The first-order valence-electron chi connectivity index (χ1n) is 5.07. The fraction of sp³-hybridized carbons (Fsp3) is 0.636. The molecule has 0 aliphatic heterocycles. The molecule has 3 heteroatoms. The highest BCUT2D eigenvalue weighted by molar-refractivity contribution is 5.32. The van der Waals surface area contributed by atoms with Gasteiger partial charge in [0.25, 0.3) is 0 Å². The molecule has 2 N–H and O–H groups in total. The van der Waals surface area contributed by atoms with Crippen molar-refractivity contribution in [3.05, 3.63) is 17.6 Å². The number of aryl methyl sites for hydroxylation is 1. The minimum Gasteiger partial charge on any atom is -0.384 e. The van der Waals surface area contributed by atoms with Crippen molar-refractivity contribution in [2.45, 2.75) is 46.0 Å². The molecule has 0 fully saturated rings. The van der Waals surface area contributed by atoms with Gasteiger partial charge in [-0.1, -0.05) is 27.7 Å². The zero-order chi connectivity index (χ0) is 10.8. The van der Waals surface area contributed by atoms with Crippen molar-refractivity contribution in [1.29, 1.82) is 0 Å². The molecule has 0 aliphatic rings. The van der Waals surface area contributed by atoms with Gasteiger partial charge in [0.2, 0.25) is 0 Å². The molecular formula is C11H19N3. The quantitative estimate of drug-likeness (QED) is 0.784. The van der Waals surface area contributed by atoms with Gasteiger partial charge < -0.3 is 5.73 Å². The summed E-state index contributed by atoms with van der Waals surface area (Å²) in [5, 5.41) is 0. The molecule has 0 saturated heterocycles. The van der Waals surface area contributed by atoms with Crippen molar-refractivity contribution in [1.82, 2.24) is 9.97 Å². The molecule has 0 unspecified atom stereocenters. The Balaban J connectivity index is 3.07. The van der Waals surface area contributed by atoms with Crippen molar-refractivity contribution in [2.24, 2.45) is 0 Å². The lowest BCUT2D eigenvalue weighted by atomic mass is 9.92. The highest BCUT2D eigenvalue weighted by Crippen LogP contribution is 2.21. The summed E-state index contributed by atoms with van der Waals surface area (Å²) in [6.45, 7) is 8.50. The van der Waals surface area contributed by atoms with Gasteiger partial charge in [0.1, 0.15) is 11.6 Å². The molecule has 0 saturated carbocycles. The molecule has 14 heavy (non-hydrogen) atoms. The molecule has 0 aromatic carbocycles. The van der Waals surface area contributed by atoms with Gasteiger partial charge in [-0.2, -0.15) is 0 Å². The van der Waals surface area contributed by atoms with Gasteiger partial charge in [0.15, 0.2) is 0 Å². The van der Waals surface area contributed by atoms with E-state index in [0.29, 0.717) is 5.82 Å². The van der Waals surface area contributed by atoms with Crippen LogP contribution in [0.5, 0.6) is 0 Å². The summed E-state index contributed by atoms with van der Waals surface area (Å²) >= 11 is 0. The van der Waals surface area contributed by atoms with Crippen LogP contribution in [0.15, 0.2) is 6.07 Å². The number of hydrogen-bond acceptors (Lipinski definition) is 3. The normalized spacial score (nSPS) is 11.7. The van der Waals surface area contributed by atoms with E-state index in [1.807, 2.05) is 6.07 Å². The Kier molecular flexibility index (Phi) is 3.09. The third-order valence-corrected chi connectivity index (χ3v) is 2.03. The molecule has 0 aliphatic carbocycles. The highest BCUT2D eigenvalue weighted by atomic mass is 14.9. The van der Waals surface area contributed by atoms with Crippen LogP contribution < -0.4 is 5.73 Å². The summed E-state index contributed by atoms with van der Waals surface area (Å²) in [5.74, 6) is 1.44. The second kappa shape index (κ2) is 3.95. The SMILES string of the molecule is CCCc1nc(N)cc(C(C)(C)C)n1. The summed E-state index contributed by atoms with van der Waals surface area (Å²) in [5.41, 5.74) is 6.80. The first-order chi connectivity index (χ1) is 6.43. The fourth-order valence-electron chi connectivity index (χ4n) is 1.24. The predicted molar refractivity (Wildman–Crippen MR) is 59.1 cm³/mol. The molecule has 0 spiro atoms. The predicted octanol–water partition coefficient (Wildman–Crippen LogP) is 2.31. The van der Waals surface area contributed by atoms with Crippen LogP contribution in [0.4, 0.5) is 5.82 Å². The van der Waals surface area contributed by atoms with Crippen molar-refractivity contribution >= 4 is 5.82 Å². The third-order valence-electron chi connectivity index (χ3n) is 2.03. The van der Waals surface area contributed by atoms with E-state index in [-0.39, 0.29) is 5.41 Å². The first kappa shape index (κ1) is 11.0. The van der Waals surface area contributed by atoms with E-state index >= 15 is 0 Å². The smallest absolute Gasteiger partial charge is 0.131 e. The number of aromatic nitrogens is 2. The van der Waals surface area contributed by atoms with Crippen LogP contribution in [0.3, 0.4) is 0 Å². The largest absolute Gasteiger partial charge is 0.384 e. The van der Waals surface area contributed by atoms with E-state index in [1.54, 1.807) is 0 Å². The zero-order valence-electron chi connectivity index (χ0n) is 9.46. The van der Waals surface area contributed by atoms with Gasteiger partial charge in [-0.15, -0.1) is 0 Å². The lowest BCUT2D eigenvalue weighted by molar-refractivity contribution is 0.562. The standard InChI is InChI=1S/C11H19N3/c1-5-6-10-13-8(11(2,3)4)7-9(12)14-10/h7H,5-6H2,1-4H3,(H2,12,13,14). The van der Waals surface area contributed by atoms with Gasteiger partial charge >= 0.3 is 0 Å². The van der Waals surface area contributed by atoms with Crippen molar-refractivity contribution in [3.8, 4) is 0 Å². The lowest BCUT2D eigenvalue weighted by Crippen LogP contribution is -2.16. The van der Waals surface area contributed by atoms with Crippen LogP contribution >= 0.6 is 0 Å². The van der Waals surface area contributed by atoms with Gasteiger partial charge in [-0.3, -0.25) is 0 Å². The number of hydrogen-bond donors (Lipinski definition) is 1. The van der Waals surface area contributed by atoms with E-state index in [1.165, 1.54) is 0 Å². The Hall–Kier alpha value is -1.12. The molecule has 3 nitrogen and oxygen atoms in total. The molecule has 1 aromatic rings. The maximum absolute atomic E-state index is 5.74. The van der Waals surface area contributed by atoms with Crippen LogP contribution in [0.2, 0.25) is 0 Å². The van der Waals surface area contributed by atoms with E-state index in [0.717, 1.165) is 24.4 Å².